The average Bonchev–Trinajstić information content (AvgIpc) is 2.81. The molecule has 0 atom stereocenters. The minimum absolute atomic E-state index is 0.150. The molecule has 26 heavy (non-hydrogen) atoms. The molecule has 2 aromatic rings. The summed E-state index contributed by atoms with van der Waals surface area (Å²) in [4.78, 5) is 14.1. The van der Waals surface area contributed by atoms with E-state index in [1.54, 1.807) is 0 Å². The Morgan fingerprint density at radius 3 is 1.81 bits per heavy atom. The number of fused-ring (bicyclic) bond motifs is 2. The first-order chi connectivity index (χ1) is 12.2. The number of hydrogen-bond donors (Lipinski definition) is 1. The van der Waals surface area contributed by atoms with Gasteiger partial charge in [0.05, 0.1) is 25.9 Å². The van der Waals surface area contributed by atoms with Crippen molar-refractivity contribution >= 4 is 34.3 Å². The van der Waals surface area contributed by atoms with Gasteiger partial charge in [-0.1, -0.05) is 30.3 Å². The Labute approximate surface area is 158 Å². The molecule has 3 rings (SSSR count). The highest BCUT2D eigenvalue weighted by molar-refractivity contribution is 6.29. The summed E-state index contributed by atoms with van der Waals surface area (Å²) >= 11 is 6.06. The van der Waals surface area contributed by atoms with Gasteiger partial charge in [0.25, 0.3) is 0 Å². The fourth-order valence-electron chi connectivity index (χ4n) is 2.96. The van der Waals surface area contributed by atoms with Gasteiger partial charge in [-0.2, -0.15) is 14.0 Å². The van der Waals surface area contributed by atoms with Crippen LogP contribution in [0.5, 0.6) is 0 Å². The van der Waals surface area contributed by atoms with Gasteiger partial charge in [0.1, 0.15) is 6.17 Å². The molecule has 0 unspecified atom stereocenters. The van der Waals surface area contributed by atoms with Crippen LogP contribution in [0.3, 0.4) is 0 Å². The summed E-state index contributed by atoms with van der Waals surface area (Å²) in [6.07, 6.45) is 0.856. The van der Waals surface area contributed by atoms with Gasteiger partial charge in [-0.15, -0.1) is 0 Å². The van der Waals surface area contributed by atoms with Crippen molar-refractivity contribution in [1.82, 2.24) is 9.97 Å². The molecule has 0 saturated carbocycles. The monoisotopic (exact) mass is 402 g/mol. The van der Waals surface area contributed by atoms with E-state index in [2.05, 4.69) is 30.2 Å². The van der Waals surface area contributed by atoms with Gasteiger partial charge >= 0.3 is 0 Å². The average molecular weight is 403 g/mol. The number of hydrogen-bond acceptors (Lipinski definition) is 8. The Kier molecular flexibility index (Phi) is 6.62. The molecule has 1 aliphatic heterocycles. The minimum Gasteiger partial charge on any atom is -0.333 e. The van der Waals surface area contributed by atoms with Gasteiger partial charge in [-0.3, -0.25) is 0 Å². The normalized spacial score (nSPS) is 14.3. The summed E-state index contributed by atoms with van der Waals surface area (Å²) in [5.41, 5.74) is 1.85. The van der Waals surface area contributed by atoms with E-state index < -0.39 is 10.2 Å². The summed E-state index contributed by atoms with van der Waals surface area (Å²) in [5, 5.41) is 0.661. The molecule has 0 bridgehead atoms. The van der Waals surface area contributed by atoms with Gasteiger partial charge in [0.15, 0.2) is 11.6 Å². The second-order valence-electron chi connectivity index (χ2n) is 5.53. The summed E-state index contributed by atoms with van der Waals surface area (Å²) in [7, 11) is -4.69. The van der Waals surface area contributed by atoms with E-state index >= 15 is 0 Å². The maximum atomic E-state index is 8.60. The lowest BCUT2D eigenvalue weighted by atomic mass is 10.3. The Morgan fingerprint density at radius 1 is 1.12 bits per heavy atom. The van der Waals surface area contributed by atoms with E-state index in [-0.39, 0.29) is 6.17 Å². The predicted molar refractivity (Wildman–Crippen MR) is 91.2 cm³/mol. The van der Waals surface area contributed by atoms with E-state index in [4.69, 9.17) is 40.2 Å². The third-order valence-electron chi connectivity index (χ3n) is 3.88. The van der Waals surface area contributed by atoms with E-state index in [0.717, 1.165) is 35.8 Å². The van der Waals surface area contributed by atoms with Crippen LogP contribution >= 0.6 is 11.6 Å². The minimum atomic E-state index is -4.69. The summed E-state index contributed by atoms with van der Waals surface area (Å²) in [6, 6.07) is 7.98. The summed E-state index contributed by atoms with van der Waals surface area (Å²) in [5.74, 6) is 1.89. The standard InChI is InChI=1S/C16H19ClN4.ClHO4/c1-4-20-14(10-11(3)17)21(5-2)16-15(20)18-12-8-6-7-9-13(12)19-16;2-1(3,4)5/h6-9,14H,3-5,10H2,1-2H3;(H,2,3,4,5). The second kappa shape index (κ2) is 8.34. The fraction of sp³-hybridized carbons (Fsp3) is 0.375. The Balaban J connectivity index is 0.000000431. The van der Waals surface area contributed by atoms with Gasteiger partial charge < -0.3 is 9.80 Å². The highest BCUT2D eigenvalue weighted by atomic mass is 35.7. The SMILES string of the molecule is C=C(Cl)CC1N(CC)c2nc3ccccc3nc2N1CC.[O-][Cl+3]([O-])([O-])O. The first-order valence-corrected chi connectivity index (χ1v) is 9.56. The molecule has 1 aromatic heterocycles. The number of nitrogens with zero attached hydrogens (tertiary/aromatic N) is 4. The molecule has 1 aliphatic rings. The van der Waals surface area contributed by atoms with Gasteiger partial charge in [-0.25, -0.2) is 9.97 Å². The van der Waals surface area contributed by atoms with Crippen molar-refractivity contribution in [3.63, 3.8) is 0 Å². The summed E-state index contributed by atoms with van der Waals surface area (Å²) < 4.78 is 32.7. The van der Waals surface area contributed by atoms with E-state index in [0.29, 0.717) is 11.5 Å². The van der Waals surface area contributed by atoms with Crippen LogP contribution in [0.1, 0.15) is 20.3 Å². The van der Waals surface area contributed by atoms with E-state index in [1.807, 2.05) is 24.3 Å². The maximum absolute atomic E-state index is 8.60. The van der Waals surface area contributed by atoms with Crippen LogP contribution in [0, 0.1) is 10.2 Å². The van der Waals surface area contributed by atoms with Crippen molar-refractivity contribution in [3.8, 4) is 0 Å². The van der Waals surface area contributed by atoms with Crippen LogP contribution in [0.4, 0.5) is 11.6 Å². The zero-order chi connectivity index (χ0) is 19.5. The highest BCUT2D eigenvalue weighted by Gasteiger charge is 2.36. The molecule has 0 aliphatic carbocycles. The van der Waals surface area contributed by atoms with Crippen LogP contribution in [-0.2, 0) is 0 Å². The molecule has 10 heteroatoms. The molecule has 1 N–H and O–H groups in total. The quantitative estimate of drug-likeness (QED) is 0.735. The number of benzene rings is 1. The highest BCUT2D eigenvalue weighted by Crippen LogP contribution is 2.39. The van der Waals surface area contributed by atoms with Crippen LogP contribution < -0.4 is 23.8 Å². The lowest BCUT2D eigenvalue weighted by Crippen LogP contribution is -2.58. The molecule has 2 heterocycles. The van der Waals surface area contributed by atoms with Crippen molar-refractivity contribution in [2.24, 2.45) is 0 Å². The van der Waals surface area contributed by atoms with Crippen LogP contribution in [0.2, 0.25) is 0 Å². The lowest BCUT2D eigenvalue weighted by molar-refractivity contribution is -1.92. The molecule has 0 fully saturated rings. The van der Waals surface area contributed by atoms with Crippen molar-refractivity contribution in [2.45, 2.75) is 26.4 Å². The molecule has 0 spiro atoms. The van der Waals surface area contributed by atoms with Crippen LogP contribution in [-0.4, -0.2) is 33.9 Å². The van der Waals surface area contributed by atoms with Crippen molar-refractivity contribution in [3.05, 3.63) is 35.9 Å². The first-order valence-electron chi connectivity index (χ1n) is 7.92. The number of halogens is 2. The van der Waals surface area contributed by atoms with Gasteiger partial charge in [0, 0.05) is 24.5 Å². The van der Waals surface area contributed by atoms with Crippen LogP contribution in [0.15, 0.2) is 35.9 Å². The van der Waals surface area contributed by atoms with E-state index in [1.165, 1.54) is 0 Å². The Hall–Kier alpha value is -1.68. The smallest absolute Gasteiger partial charge is 0.174 e. The molecule has 8 nitrogen and oxygen atoms in total. The third-order valence-corrected chi connectivity index (χ3v) is 4.04. The molecular formula is C16H20Cl2N4O4. The Morgan fingerprint density at radius 2 is 1.50 bits per heavy atom. The van der Waals surface area contributed by atoms with Gasteiger partial charge in [-0.05, 0) is 26.0 Å². The largest absolute Gasteiger partial charge is 0.333 e. The summed E-state index contributed by atoms with van der Waals surface area (Å²) in [6.45, 7) is 9.84. The topological polar surface area (TPSA) is 122 Å². The number of para-hydroxylation sites is 2. The second-order valence-corrected chi connectivity index (χ2v) is 6.86. The predicted octanol–water partition coefficient (Wildman–Crippen LogP) is -0.359. The zero-order valence-corrected chi connectivity index (χ0v) is 15.9. The molecular weight excluding hydrogens is 383 g/mol. The van der Waals surface area contributed by atoms with Gasteiger partial charge in [0.2, 0.25) is 0 Å². The molecule has 0 saturated heterocycles. The fourth-order valence-corrected chi connectivity index (χ4v) is 3.09. The van der Waals surface area contributed by atoms with Crippen LogP contribution in [0.25, 0.3) is 11.0 Å². The van der Waals surface area contributed by atoms with Crippen molar-refractivity contribution in [2.75, 3.05) is 22.9 Å². The number of aromatic nitrogens is 2. The maximum Gasteiger partial charge on any atom is 0.174 e. The Bertz CT molecular complexity index is 728. The molecule has 0 radical (unpaired) electrons. The molecule has 1 aromatic carbocycles. The first kappa shape index (κ1) is 20.6. The van der Waals surface area contributed by atoms with Crippen molar-refractivity contribution < 1.29 is 28.9 Å². The molecule has 142 valence electrons. The lowest BCUT2D eigenvalue weighted by Gasteiger charge is -2.30. The molecule has 0 amide bonds. The van der Waals surface area contributed by atoms with E-state index in [9.17, 15) is 0 Å². The third kappa shape index (κ3) is 4.94. The number of rotatable bonds is 4. The van der Waals surface area contributed by atoms with Crippen molar-refractivity contribution in [1.29, 1.82) is 0 Å². The zero-order valence-electron chi connectivity index (χ0n) is 14.4. The number of anilines is 2.